The molecule has 1 aromatic rings. The summed E-state index contributed by atoms with van der Waals surface area (Å²) in [5.41, 5.74) is -0.560. The number of hydrogen-bond donors (Lipinski definition) is 1. The van der Waals surface area contributed by atoms with Crippen LogP contribution in [-0.2, 0) is 10.3 Å². The Kier molecular flexibility index (Phi) is 4.17. The van der Waals surface area contributed by atoms with Crippen LogP contribution in [0.15, 0.2) is 22.9 Å². The molecule has 1 aromatic heterocycles. The van der Waals surface area contributed by atoms with Gasteiger partial charge < -0.3 is 14.7 Å². The number of carbonyl (C=O) groups is 1. The fraction of sp³-hybridized carbons (Fsp3) is 0.647. The second-order valence-electron chi connectivity index (χ2n) is 7.54. The summed E-state index contributed by atoms with van der Waals surface area (Å²) in [6, 6.07) is 2.02. The first-order chi connectivity index (χ1) is 10.7. The van der Waals surface area contributed by atoms with Crippen LogP contribution in [0.1, 0.15) is 45.6 Å². The minimum Gasteiger partial charge on any atom is -0.444 e. The summed E-state index contributed by atoms with van der Waals surface area (Å²) in [5.74, 6) is 0.0208. The zero-order valence-corrected chi connectivity index (χ0v) is 15.3. The van der Waals surface area contributed by atoms with Crippen LogP contribution in [0.5, 0.6) is 0 Å². The van der Waals surface area contributed by atoms with Crippen LogP contribution >= 0.6 is 15.9 Å². The number of aromatic nitrogens is 1. The molecule has 23 heavy (non-hydrogen) atoms. The molecule has 1 N–H and O–H groups in total. The molecule has 0 spiro atoms. The summed E-state index contributed by atoms with van der Waals surface area (Å²) in [5, 5.41) is 11.3. The number of pyridine rings is 1. The third-order valence-corrected chi connectivity index (χ3v) is 5.45. The molecule has 1 aliphatic heterocycles. The summed E-state index contributed by atoms with van der Waals surface area (Å²) in [6.07, 6.45) is 5.36. The minimum atomic E-state index is -0.922. The van der Waals surface area contributed by atoms with Gasteiger partial charge in [-0.2, -0.15) is 0 Å². The van der Waals surface area contributed by atoms with Crippen LogP contribution in [0.2, 0.25) is 0 Å². The van der Waals surface area contributed by atoms with Crippen molar-refractivity contribution in [2.45, 2.75) is 57.3 Å². The highest BCUT2D eigenvalue weighted by Gasteiger charge is 2.52. The number of amides is 1. The summed E-state index contributed by atoms with van der Waals surface area (Å²) in [4.78, 5) is 18.3. The molecule has 2 aliphatic rings. The zero-order valence-electron chi connectivity index (χ0n) is 13.8. The Balaban J connectivity index is 1.82. The van der Waals surface area contributed by atoms with E-state index in [1.54, 1.807) is 17.3 Å². The van der Waals surface area contributed by atoms with Gasteiger partial charge in [-0.1, -0.05) is 0 Å². The van der Waals surface area contributed by atoms with Crippen molar-refractivity contribution in [3.63, 3.8) is 0 Å². The molecular weight excluding hydrogens is 360 g/mol. The van der Waals surface area contributed by atoms with Crippen molar-refractivity contribution in [2.75, 3.05) is 6.54 Å². The third-order valence-electron chi connectivity index (χ3n) is 4.82. The number of carbonyl (C=O) groups excluding carboxylic acids is 1. The molecule has 1 aliphatic carbocycles. The van der Waals surface area contributed by atoms with E-state index in [0.717, 1.165) is 22.9 Å². The van der Waals surface area contributed by atoms with Gasteiger partial charge in [-0.15, -0.1) is 0 Å². The molecule has 5 nitrogen and oxygen atoms in total. The van der Waals surface area contributed by atoms with Gasteiger partial charge in [0.2, 0.25) is 0 Å². The van der Waals surface area contributed by atoms with E-state index >= 15 is 0 Å². The Morgan fingerprint density at radius 2 is 2.26 bits per heavy atom. The van der Waals surface area contributed by atoms with Gasteiger partial charge in [0.25, 0.3) is 0 Å². The van der Waals surface area contributed by atoms with E-state index < -0.39 is 11.2 Å². The van der Waals surface area contributed by atoms with E-state index in [1.807, 2.05) is 26.8 Å². The molecule has 0 radical (unpaired) electrons. The molecule has 6 heteroatoms. The average molecular weight is 383 g/mol. The standard InChI is InChI=1S/C17H23BrN2O3/c1-16(2,3)23-15(21)20-10-11-8-12(20)4-6-17(11,22)13-5-7-19-9-14(13)18/h5,7,9,11-12,22H,4,6,8,10H2,1-3H3. The van der Waals surface area contributed by atoms with Gasteiger partial charge in [-0.25, -0.2) is 4.79 Å². The fourth-order valence-electron chi connectivity index (χ4n) is 3.75. The van der Waals surface area contributed by atoms with Crippen LogP contribution in [-0.4, -0.2) is 39.3 Å². The lowest BCUT2D eigenvalue weighted by Gasteiger charge is -2.37. The monoisotopic (exact) mass is 382 g/mol. The van der Waals surface area contributed by atoms with Gasteiger partial charge in [0.15, 0.2) is 0 Å². The molecule has 2 bridgehead atoms. The molecule has 0 aromatic carbocycles. The van der Waals surface area contributed by atoms with Crippen molar-refractivity contribution < 1.29 is 14.6 Å². The smallest absolute Gasteiger partial charge is 0.410 e. The molecule has 1 saturated carbocycles. The Bertz CT molecular complexity index is 616. The summed E-state index contributed by atoms with van der Waals surface area (Å²) in [7, 11) is 0. The van der Waals surface area contributed by atoms with Crippen LogP contribution in [0.4, 0.5) is 4.79 Å². The van der Waals surface area contributed by atoms with E-state index in [1.165, 1.54) is 0 Å². The van der Waals surface area contributed by atoms with Gasteiger partial charge in [-0.3, -0.25) is 4.98 Å². The molecule has 3 rings (SSSR count). The van der Waals surface area contributed by atoms with Crippen LogP contribution < -0.4 is 0 Å². The SMILES string of the molecule is CC(C)(C)OC(=O)N1CC2CC1CCC2(O)c1ccncc1Br. The predicted molar refractivity (Wildman–Crippen MR) is 89.9 cm³/mol. The minimum absolute atomic E-state index is 0.0208. The third kappa shape index (κ3) is 3.11. The molecule has 2 heterocycles. The number of halogens is 1. The van der Waals surface area contributed by atoms with E-state index in [-0.39, 0.29) is 18.1 Å². The van der Waals surface area contributed by atoms with E-state index in [4.69, 9.17) is 4.74 Å². The van der Waals surface area contributed by atoms with E-state index in [2.05, 4.69) is 20.9 Å². The maximum absolute atomic E-state index is 12.4. The predicted octanol–water partition coefficient (Wildman–Crippen LogP) is 3.45. The second kappa shape index (κ2) is 5.74. The molecule has 126 valence electrons. The summed E-state index contributed by atoms with van der Waals surface area (Å²) >= 11 is 3.49. The Morgan fingerprint density at radius 1 is 1.52 bits per heavy atom. The van der Waals surface area contributed by atoms with Gasteiger partial charge in [0, 0.05) is 40.9 Å². The van der Waals surface area contributed by atoms with Crippen molar-refractivity contribution in [3.05, 3.63) is 28.5 Å². The maximum atomic E-state index is 12.4. The van der Waals surface area contributed by atoms with Gasteiger partial charge in [0.1, 0.15) is 5.60 Å². The quantitative estimate of drug-likeness (QED) is 0.807. The highest BCUT2D eigenvalue weighted by molar-refractivity contribution is 9.10. The molecule has 1 saturated heterocycles. The molecule has 3 unspecified atom stereocenters. The van der Waals surface area contributed by atoms with E-state index in [0.29, 0.717) is 13.0 Å². The number of rotatable bonds is 1. The number of fused-ring (bicyclic) bond motifs is 2. The number of nitrogens with zero attached hydrogens (tertiary/aromatic N) is 2. The number of hydrogen-bond acceptors (Lipinski definition) is 4. The van der Waals surface area contributed by atoms with Crippen molar-refractivity contribution in [3.8, 4) is 0 Å². The highest BCUT2D eigenvalue weighted by atomic mass is 79.9. The van der Waals surface area contributed by atoms with Crippen LogP contribution in [0.25, 0.3) is 0 Å². The van der Waals surface area contributed by atoms with Crippen LogP contribution in [0, 0.1) is 5.92 Å². The van der Waals surface area contributed by atoms with Gasteiger partial charge >= 0.3 is 6.09 Å². The molecular formula is C17H23BrN2O3. The second-order valence-corrected chi connectivity index (χ2v) is 8.39. The number of likely N-dealkylation sites (tertiary alicyclic amines) is 1. The first kappa shape index (κ1) is 16.7. The molecule has 3 atom stereocenters. The van der Waals surface area contributed by atoms with Gasteiger partial charge in [0.05, 0.1) is 5.60 Å². The Hall–Kier alpha value is -1.14. The zero-order chi connectivity index (χ0) is 16.8. The van der Waals surface area contributed by atoms with Crippen molar-refractivity contribution >= 4 is 22.0 Å². The lowest BCUT2D eigenvalue weighted by molar-refractivity contribution is -0.0396. The Labute approximate surface area is 145 Å². The lowest BCUT2D eigenvalue weighted by atomic mass is 9.72. The van der Waals surface area contributed by atoms with Gasteiger partial charge in [-0.05, 0) is 62.0 Å². The van der Waals surface area contributed by atoms with Crippen molar-refractivity contribution in [1.82, 2.24) is 9.88 Å². The lowest BCUT2D eigenvalue weighted by Crippen LogP contribution is -2.39. The maximum Gasteiger partial charge on any atom is 0.410 e. The molecule has 1 amide bonds. The number of aliphatic hydroxyl groups is 1. The number of ether oxygens (including phenoxy) is 1. The topological polar surface area (TPSA) is 62.7 Å². The Morgan fingerprint density at radius 3 is 2.91 bits per heavy atom. The van der Waals surface area contributed by atoms with Crippen molar-refractivity contribution in [2.24, 2.45) is 5.92 Å². The molecule has 2 fully saturated rings. The fourth-order valence-corrected chi connectivity index (χ4v) is 4.35. The average Bonchev–Trinajstić information content (AvgIpc) is 2.83. The largest absolute Gasteiger partial charge is 0.444 e. The first-order valence-electron chi connectivity index (χ1n) is 8.03. The normalized spacial score (nSPS) is 30.4. The van der Waals surface area contributed by atoms with Crippen LogP contribution in [0.3, 0.4) is 0 Å². The first-order valence-corrected chi connectivity index (χ1v) is 8.82. The van der Waals surface area contributed by atoms with Crippen molar-refractivity contribution in [1.29, 1.82) is 0 Å². The highest BCUT2D eigenvalue weighted by Crippen LogP contribution is 2.49. The summed E-state index contributed by atoms with van der Waals surface area (Å²) in [6.45, 7) is 6.15. The van der Waals surface area contributed by atoms with E-state index in [9.17, 15) is 9.90 Å². The summed E-state index contributed by atoms with van der Waals surface area (Å²) < 4.78 is 6.33.